The molecule has 0 aromatic heterocycles. The molecule has 0 nitrogen and oxygen atoms in total. The van der Waals surface area contributed by atoms with Crippen LogP contribution in [0, 0.1) is 0 Å². The summed E-state index contributed by atoms with van der Waals surface area (Å²) < 4.78 is 0. The first-order chi connectivity index (χ1) is 7.64. The fraction of sp³-hybridized carbons (Fsp3) is 0.875. The van der Waals surface area contributed by atoms with Gasteiger partial charge in [-0.15, -0.1) is 0 Å². The van der Waals surface area contributed by atoms with Gasteiger partial charge in [-0.3, -0.25) is 0 Å². The van der Waals surface area contributed by atoms with E-state index in [1.807, 2.05) is 0 Å². The van der Waals surface area contributed by atoms with Crippen LogP contribution in [0.2, 0.25) is 0 Å². The van der Waals surface area contributed by atoms with Crippen LogP contribution in [0.25, 0.3) is 0 Å². The summed E-state index contributed by atoms with van der Waals surface area (Å²) >= 11 is 7.68. The van der Waals surface area contributed by atoms with Crippen molar-refractivity contribution in [1.82, 2.24) is 0 Å². The van der Waals surface area contributed by atoms with E-state index >= 15 is 0 Å². The molecule has 18 heavy (non-hydrogen) atoms. The minimum absolute atomic E-state index is 0.114. The van der Waals surface area contributed by atoms with Crippen LogP contribution in [0.3, 0.4) is 0 Å². The van der Waals surface area contributed by atoms with E-state index in [0.29, 0.717) is 0 Å². The molecule has 0 spiro atoms. The van der Waals surface area contributed by atoms with Crippen molar-refractivity contribution in [2.24, 2.45) is 0 Å². The Bertz CT molecular complexity index is 282. The maximum atomic E-state index is 7.68. The van der Waals surface area contributed by atoms with Crippen molar-refractivity contribution in [3.8, 4) is 0 Å². The van der Waals surface area contributed by atoms with E-state index in [0.717, 1.165) is 6.16 Å². The average molecular weight is 293 g/mol. The summed E-state index contributed by atoms with van der Waals surface area (Å²) in [5, 5.41) is 0.343. The van der Waals surface area contributed by atoms with Crippen LogP contribution in [0.15, 0.2) is 12.2 Å². The Morgan fingerprint density at radius 1 is 0.778 bits per heavy atom. The zero-order chi connectivity index (χ0) is 15.1. The predicted molar refractivity (Wildman–Crippen MR) is 91.7 cm³/mol. The van der Waals surface area contributed by atoms with E-state index in [-0.39, 0.29) is 15.5 Å². The van der Waals surface area contributed by atoms with Crippen molar-refractivity contribution in [1.29, 1.82) is 0 Å². The Labute approximate surface area is 120 Å². The van der Waals surface area contributed by atoms with Gasteiger partial charge in [-0.25, -0.2) is 0 Å². The molecule has 0 heterocycles. The maximum absolute atomic E-state index is 7.68. The number of hydrogen-bond donors (Lipinski definition) is 0. The van der Waals surface area contributed by atoms with Gasteiger partial charge in [-0.2, -0.15) is 0 Å². The van der Waals surface area contributed by atoms with Gasteiger partial charge in [0.15, 0.2) is 0 Å². The van der Waals surface area contributed by atoms with Crippen molar-refractivity contribution in [2.75, 3.05) is 6.16 Å². The number of allylic oxidation sites excluding steroid dienone is 2. The van der Waals surface area contributed by atoms with E-state index in [9.17, 15) is 0 Å². The summed E-state index contributed by atoms with van der Waals surface area (Å²) in [7, 11) is 0. The molecule has 0 aliphatic carbocycles. The van der Waals surface area contributed by atoms with E-state index in [4.69, 9.17) is 11.2 Å². The standard InChI is InChI=1S/C16H34ClP/c1-11-12-13-18(17,14(2,3)4,15(5,6)7)16(8,9)10/h11-12H,13H2,1-10H3. The normalized spacial score (nSPS) is 17.8. The summed E-state index contributed by atoms with van der Waals surface area (Å²) in [6, 6.07) is 0. The van der Waals surface area contributed by atoms with Crippen LogP contribution in [-0.2, 0) is 0 Å². The quantitative estimate of drug-likeness (QED) is 0.394. The van der Waals surface area contributed by atoms with E-state index in [1.165, 1.54) is 0 Å². The van der Waals surface area contributed by atoms with Crippen molar-refractivity contribution < 1.29 is 0 Å². The van der Waals surface area contributed by atoms with Gasteiger partial charge in [0.2, 0.25) is 0 Å². The molecule has 0 fully saturated rings. The van der Waals surface area contributed by atoms with Crippen LogP contribution in [0.1, 0.15) is 69.2 Å². The molecule has 110 valence electrons. The Hall–Kier alpha value is 0.460. The topological polar surface area (TPSA) is 0 Å². The molecule has 0 unspecified atom stereocenters. The summed E-state index contributed by atoms with van der Waals surface area (Å²) in [6.07, 6.45) is 5.44. The molecular formula is C16H34ClP. The van der Waals surface area contributed by atoms with Gasteiger partial charge in [0, 0.05) is 0 Å². The van der Waals surface area contributed by atoms with Gasteiger partial charge in [0.25, 0.3) is 0 Å². The van der Waals surface area contributed by atoms with E-state index in [2.05, 4.69) is 81.4 Å². The van der Waals surface area contributed by atoms with Gasteiger partial charge < -0.3 is 0 Å². The Morgan fingerprint density at radius 2 is 1.06 bits per heavy atom. The number of halogens is 1. The summed E-state index contributed by atoms with van der Waals surface area (Å²) in [4.78, 5) is 0. The Kier molecular flexibility index (Phi) is 4.90. The molecule has 0 aliphatic heterocycles. The summed E-state index contributed by atoms with van der Waals surface area (Å²) in [5.41, 5.74) is 0. The van der Waals surface area contributed by atoms with Gasteiger partial charge in [0.1, 0.15) is 0 Å². The van der Waals surface area contributed by atoms with Gasteiger partial charge in [0.05, 0.1) is 0 Å². The second kappa shape index (κ2) is 4.78. The molecular weight excluding hydrogens is 259 g/mol. The van der Waals surface area contributed by atoms with Crippen molar-refractivity contribution in [3.63, 3.8) is 0 Å². The fourth-order valence-electron chi connectivity index (χ4n) is 4.14. The molecule has 0 N–H and O–H groups in total. The third-order valence-corrected chi connectivity index (χ3v) is 19.1. The fourth-order valence-corrected chi connectivity index (χ4v) is 12.7. The van der Waals surface area contributed by atoms with E-state index in [1.54, 1.807) is 0 Å². The Balaban J connectivity index is 6.44. The first kappa shape index (κ1) is 18.5. The number of rotatable bonds is 2. The molecule has 0 aromatic carbocycles. The van der Waals surface area contributed by atoms with Gasteiger partial charge in [-0.1, -0.05) is 0 Å². The first-order valence-electron chi connectivity index (χ1n) is 6.98. The van der Waals surface area contributed by atoms with Gasteiger partial charge >= 0.3 is 120 Å². The molecule has 2 heteroatoms. The zero-order valence-corrected chi connectivity index (χ0v) is 15.8. The summed E-state index contributed by atoms with van der Waals surface area (Å²) in [6.45, 7) is 23.1. The first-order valence-corrected chi connectivity index (χ1v) is 10.3. The van der Waals surface area contributed by atoms with Crippen LogP contribution in [0.4, 0.5) is 0 Å². The second-order valence-electron chi connectivity index (χ2n) is 8.45. The van der Waals surface area contributed by atoms with Crippen molar-refractivity contribution >= 4 is 17.2 Å². The molecule has 0 saturated heterocycles. The Morgan fingerprint density at radius 3 is 1.22 bits per heavy atom. The van der Waals surface area contributed by atoms with E-state index < -0.39 is 5.96 Å². The minimum atomic E-state index is -2.54. The van der Waals surface area contributed by atoms with Crippen LogP contribution >= 0.6 is 17.2 Å². The monoisotopic (exact) mass is 292 g/mol. The third kappa shape index (κ3) is 2.18. The second-order valence-corrected chi connectivity index (χ2v) is 17.4. The van der Waals surface area contributed by atoms with Crippen LogP contribution < -0.4 is 0 Å². The molecule has 0 bridgehead atoms. The van der Waals surface area contributed by atoms with Gasteiger partial charge in [-0.05, 0) is 0 Å². The zero-order valence-electron chi connectivity index (χ0n) is 14.2. The van der Waals surface area contributed by atoms with Crippen molar-refractivity contribution in [2.45, 2.75) is 84.7 Å². The molecule has 0 radical (unpaired) electrons. The molecule has 0 aromatic rings. The third-order valence-electron chi connectivity index (χ3n) is 4.88. The molecule has 0 saturated carbocycles. The SMILES string of the molecule is CC=CCP(Cl)(C(C)(C)C)(C(C)(C)C)C(C)(C)C. The summed E-state index contributed by atoms with van der Waals surface area (Å²) in [5.74, 6) is -2.54. The molecule has 0 atom stereocenters. The average Bonchev–Trinajstić information content (AvgIpc) is 2.08. The van der Waals surface area contributed by atoms with Crippen LogP contribution in [0.5, 0.6) is 0 Å². The molecule has 0 aliphatic rings. The van der Waals surface area contributed by atoms with Crippen molar-refractivity contribution in [3.05, 3.63) is 12.2 Å². The molecule has 0 amide bonds. The molecule has 0 rings (SSSR count). The predicted octanol–water partition coefficient (Wildman–Crippen LogP) is 6.67. The number of hydrogen-bond acceptors (Lipinski definition) is 0. The van der Waals surface area contributed by atoms with Crippen LogP contribution in [-0.4, -0.2) is 21.6 Å².